The maximum atomic E-state index is 12.6. The number of esters is 1. The van der Waals surface area contributed by atoms with Gasteiger partial charge in [0.05, 0.1) is 12.2 Å². The molecule has 0 saturated carbocycles. The third-order valence-electron chi connectivity index (χ3n) is 3.63. The van der Waals surface area contributed by atoms with Gasteiger partial charge < -0.3 is 9.30 Å². The van der Waals surface area contributed by atoms with Gasteiger partial charge in [-0.25, -0.2) is 4.79 Å². The minimum Gasteiger partial charge on any atom is -0.462 e. The van der Waals surface area contributed by atoms with Crippen molar-refractivity contribution in [3.8, 4) is 6.07 Å². The Balaban J connectivity index is 2.95. The van der Waals surface area contributed by atoms with Crippen molar-refractivity contribution in [2.45, 2.75) is 34.2 Å². The Morgan fingerprint density at radius 1 is 1.38 bits per heavy atom. The Morgan fingerprint density at radius 2 is 2.05 bits per heavy atom. The van der Waals surface area contributed by atoms with E-state index in [1.165, 1.54) is 10.6 Å². The Kier molecular flexibility index (Phi) is 3.85. The highest BCUT2D eigenvalue weighted by Crippen LogP contribution is 2.21. The molecule has 2 heterocycles. The van der Waals surface area contributed by atoms with Crippen LogP contribution in [0, 0.1) is 25.2 Å². The SMILES string of the molecule is CCOC(=O)c1cn(CC)c2c(C#N)c(C)c(C)n2c1=O. The molecule has 6 nitrogen and oxygen atoms in total. The third-order valence-corrected chi connectivity index (χ3v) is 3.63. The van der Waals surface area contributed by atoms with Crippen molar-refractivity contribution in [2.24, 2.45) is 0 Å². The fraction of sp³-hybridized carbons (Fsp3) is 0.400. The molecular formula is C15H17N3O3. The molecule has 0 radical (unpaired) electrons. The number of nitrogens with zero attached hydrogens (tertiary/aromatic N) is 3. The van der Waals surface area contributed by atoms with E-state index in [-0.39, 0.29) is 12.2 Å². The number of nitriles is 1. The number of hydrogen-bond acceptors (Lipinski definition) is 4. The fourth-order valence-corrected chi connectivity index (χ4v) is 2.42. The van der Waals surface area contributed by atoms with Gasteiger partial charge in [0.25, 0.3) is 5.56 Å². The summed E-state index contributed by atoms with van der Waals surface area (Å²) in [6.07, 6.45) is 1.47. The summed E-state index contributed by atoms with van der Waals surface area (Å²) in [5, 5.41) is 9.33. The molecule has 6 heteroatoms. The lowest BCUT2D eigenvalue weighted by atomic mass is 10.2. The molecule has 0 saturated heterocycles. The average molecular weight is 287 g/mol. The molecule has 0 aliphatic rings. The first-order valence-electron chi connectivity index (χ1n) is 6.80. The molecule has 21 heavy (non-hydrogen) atoms. The second kappa shape index (κ2) is 5.44. The fourth-order valence-electron chi connectivity index (χ4n) is 2.42. The topological polar surface area (TPSA) is 76.5 Å². The number of carbonyl (C=O) groups is 1. The van der Waals surface area contributed by atoms with Crippen molar-refractivity contribution < 1.29 is 9.53 Å². The highest BCUT2D eigenvalue weighted by atomic mass is 16.5. The van der Waals surface area contributed by atoms with Crippen LogP contribution in [0.2, 0.25) is 0 Å². The van der Waals surface area contributed by atoms with Crippen molar-refractivity contribution in [3.05, 3.63) is 38.9 Å². The monoisotopic (exact) mass is 287 g/mol. The van der Waals surface area contributed by atoms with Crippen LogP contribution in [0.25, 0.3) is 5.65 Å². The third kappa shape index (κ3) is 2.11. The number of carbonyl (C=O) groups excluding carboxylic acids is 1. The Bertz CT molecular complexity index is 822. The van der Waals surface area contributed by atoms with Gasteiger partial charge in [0.1, 0.15) is 17.3 Å². The summed E-state index contributed by atoms with van der Waals surface area (Å²) in [6, 6.07) is 2.14. The van der Waals surface area contributed by atoms with Crippen LogP contribution in [0.4, 0.5) is 0 Å². The summed E-state index contributed by atoms with van der Waals surface area (Å²) in [5.41, 5.74) is 1.93. The maximum Gasteiger partial charge on any atom is 0.345 e. The number of rotatable bonds is 3. The van der Waals surface area contributed by atoms with Crippen LogP contribution in [0.5, 0.6) is 0 Å². The molecule has 0 amide bonds. The number of aromatic nitrogens is 2. The van der Waals surface area contributed by atoms with E-state index in [0.717, 1.165) is 5.56 Å². The van der Waals surface area contributed by atoms with E-state index in [0.29, 0.717) is 23.4 Å². The second-order valence-electron chi connectivity index (χ2n) is 4.71. The van der Waals surface area contributed by atoms with E-state index in [1.807, 2.05) is 6.92 Å². The number of ether oxygens (including phenoxy) is 1. The number of aryl methyl sites for hydroxylation is 2. The zero-order valence-corrected chi connectivity index (χ0v) is 12.6. The molecule has 0 aliphatic carbocycles. The van der Waals surface area contributed by atoms with Gasteiger partial charge in [0, 0.05) is 18.4 Å². The highest BCUT2D eigenvalue weighted by Gasteiger charge is 2.22. The van der Waals surface area contributed by atoms with E-state index in [4.69, 9.17) is 4.74 Å². The predicted molar refractivity (Wildman–Crippen MR) is 77.5 cm³/mol. The molecule has 2 aromatic heterocycles. The molecule has 0 bridgehead atoms. The summed E-state index contributed by atoms with van der Waals surface area (Å²) in [6.45, 7) is 7.87. The predicted octanol–water partition coefficient (Wildman–Crippen LogP) is 1.79. The van der Waals surface area contributed by atoms with Crippen LogP contribution in [0.1, 0.15) is 41.0 Å². The zero-order chi connectivity index (χ0) is 15.7. The van der Waals surface area contributed by atoms with Crippen LogP contribution in [-0.4, -0.2) is 21.5 Å². The molecule has 110 valence electrons. The molecular weight excluding hydrogens is 270 g/mol. The van der Waals surface area contributed by atoms with Crippen LogP contribution >= 0.6 is 0 Å². The van der Waals surface area contributed by atoms with Crippen molar-refractivity contribution in [3.63, 3.8) is 0 Å². The van der Waals surface area contributed by atoms with Crippen molar-refractivity contribution in [2.75, 3.05) is 6.61 Å². The lowest BCUT2D eigenvalue weighted by Crippen LogP contribution is -2.27. The van der Waals surface area contributed by atoms with Gasteiger partial charge >= 0.3 is 5.97 Å². The summed E-state index contributed by atoms with van der Waals surface area (Å²) in [7, 11) is 0. The quantitative estimate of drug-likeness (QED) is 0.806. The smallest absolute Gasteiger partial charge is 0.345 e. The van der Waals surface area contributed by atoms with Crippen molar-refractivity contribution in [1.82, 2.24) is 8.97 Å². The summed E-state index contributed by atoms with van der Waals surface area (Å²) < 4.78 is 8.08. The molecule has 0 aliphatic heterocycles. The number of hydrogen-bond donors (Lipinski definition) is 0. The minimum atomic E-state index is -0.643. The van der Waals surface area contributed by atoms with Gasteiger partial charge in [-0.2, -0.15) is 5.26 Å². The van der Waals surface area contributed by atoms with Crippen LogP contribution in [0.15, 0.2) is 11.0 Å². The molecule has 0 aromatic carbocycles. The van der Waals surface area contributed by atoms with Gasteiger partial charge in [-0.15, -0.1) is 0 Å². The first kappa shape index (κ1) is 14.9. The highest BCUT2D eigenvalue weighted by molar-refractivity contribution is 5.89. The van der Waals surface area contributed by atoms with Gasteiger partial charge in [0.2, 0.25) is 0 Å². The Morgan fingerprint density at radius 3 is 2.57 bits per heavy atom. The summed E-state index contributed by atoms with van der Waals surface area (Å²) in [5.74, 6) is -0.643. The minimum absolute atomic E-state index is 0.0196. The van der Waals surface area contributed by atoms with E-state index >= 15 is 0 Å². The maximum absolute atomic E-state index is 12.6. The molecule has 2 rings (SSSR count). The average Bonchev–Trinajstić information content (AvgIpc) is 2.72. The lowest BCUT2D eigenvalue weighted by molar-refractivity contribution is 0.0523. The molecule has 0 fully saturated rings. The van der Waals surface area contributed by atoms with E-state index in [1.54, 1.807) is 25.3 Å². The normalized spacial score (nSPS) is 10.6. The standard InChI is InChI=1S/C15H17N3O3/c1-5-17-8-12(15(20)21-6-2)14(19)18-10(4)9(3)11(7-16)13(17)18/h8H,5-6H2,1-4H3. The second-order valence-corrected chi connectivity index (χ2v) is 4.71. The first-order chi connectivity index (χ1) is 9.97. The number of fused-ring (bicyclic) bond motifs is 1. The van der Waals surface area contributed by atoms with E-state index in [2.05, 4.69) is 6.07 Å². The lowest BCUT2D eigenvalue weighted by Gasteiger charge is -2.10. The zero-order valence-electron chi connectivity index (χ0n) is 12.6. The van der Waals surface area contributed by atoms with Crippen LogP contribution < -0.4 is 5.56 Å². The van der Waals surface area contributed by atoms with Crippen molar-refractivity contribution >= 4 is 11.6 Å². The van der Waals surface area contributed by atoms with E-state index < -0.39 is 11.5 Å². The molecule has 2 aromatic rings. The Labute approximate surface area is 122 Å². The summed E-state index contributed by atoms with van der Waals surface area (Å²) >= 11 is 0. The van der Waals surface area contributed by atoms with E-state index in [9.17, 15) is 14.9 Å². The summed E-state index contributed by atoms with van der Waals surface area (Å²) in [4.78, 5) is 24.5. The van der Waals surface area contributed by atoms with Crippen LogP contribution in [0.3, 0.4) is 0 Å². The molecule has 0 unspecified atom stereocenters. The largest absolute Gasteiger partial charge is 0.462 e. The van der Waals surface area contributed by atoms with Crippen molar-refractivity contribution in [1.29, 1.82) is 5.26 Å². The van der Waals surface area contributed by atoms with Gasteiger partial charge in [-0.1, -0.05) is 0 Å². The Hall–Kier alpha value is -2.55. The first-order valence-corrected chi connectivity index (χ1v) is 6.80. The van der Waals surface area contributed by atoms with Gasteiger partial charge in [0.15, 0.2) is 0 Å². The van der Waals surface area contributed by atoms with Gasteiger partial charge in [-0.3, -0.25) is 9.20 Å². The van der Waals surface area contributed by atoms with Crippen LogP contribution in [-0.2, 0) is 11.3 Å². The van der Waals surface area contributed by atoms with Gasteiger partial charge in [-0.05, 0) is 33.3 Å². The molecule has 0 atom stereocenters. The molecule has 0 spiro atoms. The molecule has 0 N–H and O–H groups in total.